The molecule has 2 heterocycles. The molecule has 1 aliphatic heterocycles. The average molecular weight is 297 g/mol. The van der Waals surface area contributed by atoms with E-state index >= 15 is 0 Å². The topological polar surface area (TPSA) is 91.6 Å². The van der Waals surface area contributed by atoms with E-state index < -0.39 is 0 Å². The molecule has 110 valence electrons. The fraction of sp³-hybridized carbons (Fsp3) is 0.583. The quantitative estimate of drug-likeness (QED) is 0.846. The van der Waals surface area contributed by atoms with Gasteiger partial charge in [-0.3, -0.25) is 9.59 Å². The van der Waals surface area contributed by atoms with Crippen LogP contribution in [0.3, 0.4) is 0 Å². The number of carbonyl (C=O) groups excluding carboxylic acids is 2. The monoisotopic (exact) mass is 297 g/mol. The van der Waals surface area contributed by atoms with Gasteiger partial charge >= 0.3 is 0 Å². The number of nitrogens with two attached hydrogens (primary N) is 1. The summed E-state index contributed by atoms with van der Waals surface area (Å²) in [5, 5.41) is 3.72. The Bertz CT molecular complexity index is 508. The lowest BCUT2D eigenvalue weighted by molar-refractivity contribution is -0.130. The molecule has 0 spiro atoms. The highest BCUT2D eigenvalue weighted by atomic mass is 32.1. The molecule has 0 aliphatic carbocycles. The van der Waals surface area contributed by atoms with E-state index in [2.05, 4.69) is 10.3 Å². The predicted molar refractivity (Wildman–Crippen MR) is 78.8 cm³/mol. The molecule has 0 atom stereocenters. The maximum atomic E-state index is 12.4. The molecule has 20 heavy (non-hydrogen) atoms. The van der Waals surface area contributed by atoms with E-state index in [0.29, 0.717) is 36.2 Å². The lowest BCUT2D eigenvalue weighted by Crippen LogP contribution is -2.50. The number of carbonyl (C=O) groups is 2. The van der Waals surface area contributed by atoms with E-state index in [0.717, 1.165) is 6.54 Å². The van der Waals surface area contributed by atoms with Crippen molar-refractivity contribution in [2.24, 2.45) is 0 Å². The van der Waals surface area contributed by atoms with Crippen LogP contribution in [0.2, 0.25) is 0 Å². The van der Waals surface area contributed by atoms with Gasteiger partial charge in [-0.2, -0.15) is 0 Å². The van der Waals surface area contributed by atoms with Gasteiger partial charge in [-0.25, -0.2) is 4.98 Å². The Hall–Kier alpha value is -1.83. The van der Waals surface area contributed by atoms with Crippen molar-refractivity contribution < 1.29 is 9.59 Å². The summed E-state index contributed by atoms with van der Waals surface area (Å²) in [4.78, 5) is 31.7. The minimum absolute atomic E-state index is 0.0452. The number of nitrogen functional groups attached to an aromatic ring is 1. The van der Waals surface area contributed by atoms with E-state index in [1.165, 1.54) is 11.3 Å². The van der Waals surface area contributed by atoms with Crippen LogP contribution in [0.4, 0.5) is 10.9 Å². The molecular formula is C12H19N5O2S. The van der Waals surface area contributed by atoms with Gasteiger partial charge in [0.2, 0.25) is 5.91 Å². The third kappa shape index (κ3) is 3.01. The molecule has 0 bridgehead atoms. The Morgan fingerprint density at radius 1 is 1.30 bits per heavy atom. The van der Waals surface area contributed by atoms with Crippen LogP contribution >= 0.6 is 11.3 Å². The van der Waals surface area contributed by atoms with Gasteiger partial charge in [0, 0.05) is 39.6 Å². The third-order valence-electron chi connectivity index (χ3n) is 3.19. The first-order chi connectivity index (χ1) is 9.52. The molecule has 8 heteroatoms. The van der Waals surface area contributed by atoms with Crippen LogP contribution in [0.5, 0.6) is 0 Å². The summed E-state index contributed by atoms with van der Waals surface area (Å²) in [5.74, 6) is 0.209. The zero-order chi connectivity index (χ0) is 14.7. The molecule has 0 radical (unpaired) electrons. The highest BCUT2D eigenvalue weighted by Gasteiger charge is 2.26. The van der Waals surface area contributed by atoms with E-state index in [9.17, 15) is 9.59 Å². The van der Waals surface area contributed by atoms with Crippen LogP contribution in [-0.4, -0.2) is 59.3 Å². The van der Waals surface area contributed by atoms with Gasteiger partial charge in [0.1, 0.15) is 10.7 Å². The molecule has 0 unspecified atom stereocenters. The van der Waals surface area contributed by atoms with Crippen LogP contribution < -0.4 is 11.1 Å². The van der Waals surface area contributed by atoms with E-state index in [-0.39, 0.29) is 17.6 Å². The van der Waals surface area contributed by atoms with Gasteiger partial charge in [-0.1, -0.05) is 11.3 Å². The van der Waals surface area contributed by atoms with Crippen molar-refractivity contribution in [2.45, 2.75) is 13.8 Å². The van der Waals surface area contributed by atoms with Gasteiger partial charge in [0.05, 0.1) is 0 Å². The second-order valence-electron chi connectivity index (χ2n) is 4.56. The van der Waals surface area contributed by atoms with Gasteiger partial charge in [-0.15, -0.1) is 0 Å². The summed E-state index contributed by atoms with van der Waals surface area (Å²) in [7, 11) is 0. The molecule has 2 rings (SSSR count). The molecule has 7 nitrogen and oxygen atoms in total. The Morgan fingerprint density at radius 2 is 1.90 bits per heavy atom. The van der Waals surface area contributed by atoms with Crippen molar-refractivity contribution in [1.29, 1.82) is 0 Å². The zero-order valence-corrected chi connectivity index (χ0v) is 12.5. The fourth-order valence-corrected chi connectivity index (χ4v) is 3.00. The third-order valence-corrected chi connectivity index (χ3v) is 4.20. The van der Waals surface area contributed by atoms with E-state index in [1.54, 1.807) is 16.7 Å². The number of aromatic nitrogens is 1. The first kappa shape index (κ1) is 14.6. The molecule has 1 aliphatic rings. The van der Waals surface area contributed by atoms with Crippen molar-refractivity contribution in [3.8, 4) is 0 Å². The Balaban J connectivity index is 2.03. The highest BCUT2D eigenvalue weighted by Crippen LogP contribution is 2.26. The molecular weight excluding hydrogens is 278 g/mol. The number of hydrogen-bond donors (Lipinski definition) is 2. The highest BCUT2D eigenvalue weighted by molar-refractivity contribution is 7.18. The maximum Gasteiger partial charge on any atom is 0.267 e. The minimum atomic E-state index is -0.104. The van der Waals surface area contributed by atoms with Gasteiger partial charge in [0.15, 0.2) is 5.13 Å². The number of piperazine rings is 1. The van der Waals surface area contributed by atoms with Gasteiger partial charge in [-0.05, 0) is 6.92 Å². The number of nitrogens with zero attached hydrogens (tertiary/aromatic N) is 3. The second kappa shape index (κ2) is 6.08. The molecule has 1 fully saturated rings. The van der Waals surface area contributed by atoms with Crippen molar-refractivity contribution in [3.63, 3.8) is 0 Å². The summed E-state index contributed by atoms with van der Waals surface area (Å²) >= 11 is 1.27. The Morgan fingerprint density at radius 3 is 2.45 bits per heavy atom. The smallest absolute Gasteiger partial charge is 0.267 e. The lowest BCUT2D eigenvalue weighted by atomic mass is 10.3. The summed E-state index contributed by atoms with van der Waals surface area (Å²) in [5.41, 5.74) is 5.80. The van der Waals surface area contributed by atoms with Gasteiger partial charge < -0.3 is 20.9 Å². The van der Waals surface area contributed by atoms with Crippen molar-refractivity contribution in [1.82, 2.24) is 14.8 Å². The number of hydrogen-bond acceptors (Lipinski definition) is 6. The Kier molecular flexibility index (Phi) is 4.43. The van der Waals surface area contributed by atoms with Crippen LogP contribution in [0, 0.1) is 0 Å². The van der Waals surface area contributed by atoms with Gasteiger partial charge in [0.25, 0.3) is 5.91 Å². The predicted octanol–water partition coefficient (Wildman–Crippen LogP) is 0.461. The molecule has 1 aromatic rings. The molecule has 1 saturated heterocycles. The number of rotatable bonds is 3. The molecule has 0 aromatic carbocycles. The molecule has 0 saturated carbocycles. The van der Waals surface area contributed by atoms with E-state index in [4.69, 9.17) is 5.73 Å². The van der Waals surface area contributed by atoms with Crippen LogP contribution in [0.15, 0.2) is 0 Å². The normalized spacial score (nSPS) is 15.3. The van der Waals surface area contributed by atoms with Crippen molar-refractivity contribution in [3.05, 3.63) is 4.88 Å². The molecule has 3 N–H and O–H groups in total. The van der Waals surface area contributed by atoms with Crippen molar-refractivity contribution in [2.75, 3.05) is 43.8 Å². The summed E-state index contributed by atoms with van der Waals surface area (Å²) in [6.07, 6.45) is 0. The number of nitrogens with one attached hydrogen (secondary N) is 1. The fourth-order valence-electron chi connectivity index (χ4n) is 2.08. The largest absolute Gasteiger partial charge is 0.382 e. The van der Waals surface area contributed by atoms with Crippen LogP contribution in [0.25, 0.3) is 0 Å². The first-order valence-corrected chi connectivity index (χ1v) is 7.39. The number of anilines is 2. The summed E-state index contributed by atoms with van der Waals surface area (Å²) in [6.45, 7) is 6.44. The van der Waals surface area contributed by atoms with Crippen molar-refractivity contribution >= 4 is 34.1 Å². The first-order valence-electron chi connectivity index (χ1n) is 6.58. The summed E-state index contributed by atoms with van der Waals surface area (Å²) < 4.78 is 0. The van der Waals surface area contributed by atoms with E-state index in [1.807, 2.05) is 6.92 Å². The SMILES string of the molecule is CCNc1nc(N)c(C(=O)N2CCN(C(C)=O)CC2)s1. The Labute approximate surface area is 121 Å². The summed E-state index contributed by atoms with van der Waals surface area (Å²) in [6, 6.07) is 0. The maximum absolute atomic E-state index is 12.4. The second-order valence-corrected chi connectivity index (χ2v) is 5.56. The number of amides is 2. The minimum Gasteiger partial charge on any atom is -0.382 e. The van der Waals surface area contributed by atoms with Crippen LogP contribution in [-0.2, 0) is 4.79 Å². The zero-order valence-electron chi connectivity index (χ0n) is 11.7. The lowest BCUT2D eigenvalue weighted by Gasteiger charge is -2.33. The average Bonchev–Trinajstić information content (AvgIpc) is 2.79. The number of thiazole rings is 1. The molecule has 1 aromatic heterocycles. The standard InChI is InChI=1S/C12H19N5O2S/c1-3-14-12-15-10(13)9(20-12)11(19)17-6-4-16(5-7-17)8(2)18/h3-7,13H2,1-2H3,(H,14,15). The van der Waals surface area contributed by atoms with Crippen LogP contribution in [0.1, 0.15) is 23.5 Å². The molecule has 2 amide bonds.